The number of aliphatic hydroxyl groups is 1. The molecule has 0 aliphatic carbocycles. The number of benzene rings is 1. The van der Waals surface area contributed by atoms with Crippen molar-refractivity contribution in [3.63, 3.8) is 0 Å². The molecule has 0 spiro atoms. The van der Waals surface area contributed by atoms with E-state index in [1.165, 1.54) is 0 Å². The molecule has 0 bridgehead atoms. The van der Waals surface area contributed by atoms with Crippen LogP contribution in [0.4, 0.5) is 0 Å². The van der Waals surface area contributed by atoms with Crippen LogP contribution in [0.2, 0.25) is 5.02 Å². The predicted molar refractivity (Wildman–Crippen MR) is 68.2 cm³/mol. The first-order chi connectivity index (χ1) is 7.06. The van der Waals surface area contributed by atoms with E-state index < -0.39 is 6.10 Å². The Morgan fingerprint density at radius 3 is 2.67 bits per heavy atom. The van der Waals surface area contributed by atoms with Gasteiger partial charge in [0.05, 0.1) is 11.1 Å². The fraction of sp³-hybridized carbons (Fsp3) is 0.500. The van der Waals surface area contributed by atoms with Crippen molar-refractivity contribution in [3.8, 4) is 0 Å². The maximum absolute atomic E-state index is 10.1. The van der Waals surface area contributed by atoms with Gasteiger partial charge in [-0.05, 0) is 46.0 Å². The van der Waals surface area contributed by atoms with Crippen molar-refractivity contribution in [2.75, 3.05) is 0 Å². The van der Waals surface area contributed by atoms with Gasteiger partial charge in [0.2, 0.25) is 0 Å². The lowest BCUT2D eigenvalue weighted by Crippen LogP contribution is -2.08. The maximum Gasteiger partial charge on any atom is 0.0815 e. The molecule has 0 radical (unpaired) electrons. The summed E-state index contributed by atoms with van der Waals surface area (Å²) in [6, 6.07) is 5.58. The highest BCUT2D eigenvalue weighted by atomic mass is 79.9. The predicted octanol–water partition coefficient (Wildman–Crippen LogP) is 4.57. The summed E-state index contributed by atoms with van der Waals surface area (Å²) in [6.45, 7) is 4.19. The van der Waals surface area contributed by atoms with Crippen LogP contribution < -0.4 is 0 Å². The van der Waals surface area contributed by atoms with E-state index in [2.05, 4.69) is 29.8 Å². The molecular formula is C12H16BrClO. The molecule has 2 unspecified atom stereocenters. The van der Waals surface area contributed by atoms with Crippen LogP contribution in [0.3, 0.4) is 0 Å². The summed E-state index contributed by atoms with van der Waals surface area (Å²) in [7, 11) is 0. The van der Waals surface area contributed by atoms with Gasteiger partial charge in [0.1, 0.15) is 0 Å². The number of rotatable bonds is 4. The SMILES string of the molecule is CCCC(C)C(O)c1ccc(Cl)c(Br)c1. The minimum atomic E-state index is -0.404. The molecule has 0 aliphatic heterocycles. The Hall–Kier alpha value is -0.0500. The molecule has 0 amide bonds. The largest absolute Gasteiger partial charge is 0.388 e. The van der Waals surface area contributed by atoms with E-state index in [1.54, 1.807) is 0 Å². The zero-order valence-corrected chi connectivity index (χ0v) is 11.3. The highest BCUT2D eigenvalue weighted by Crippen LogP contribution is 2.30. The van der Waals surface area contributed by atoms with Crippen molar-refractivity contribution in [3.05, 3.63) is 33.3 Å². The van der Waals surface area contributed by atoms with E-state index in [4.69, 9.17) is 11.6 Å². The molecule has 1 aromatic rings. The first-order valence-corrected chi connectivity index (χ1v) is 6.36. The summed E-state index contributed by atoms with van der Waals surface area (Å²) >= 11 is 9.26. The molecule has 84 valence electrons. The molecule has 0 aromatic heterocycles. The standard InChI is InChI=1S/C12H16BrClO/c1-3-4-8(2)12(15)9-5-6-11(14)10(13)7-9/h5-8,12,15H,3-4H2,1-2H3. The summed E-state index contributed by atoms with van der Waals surface area (Å²) < 4.78 is 0.837. The van der Waals surface area contributed by atoms with Gasteiger partial charge in [-0.1, -0.05) is 37.9 Å². The maximum atomic E-state index is 10.1. The zero-order chi connectivity index (χ0) is 11.4. The van der Waals surface area contributed by atoms with Crippen LogP contribution in [0, 0.1) is 5.92 Å². The second-order valence-electron chi connectivity index (χ2n) is 3.88. The minimum Gasteiger partial charge on any atom is -0.388 e. The average molecular weight is 292 g/mol. The van der Waals surface area contributed by atoms with Gasteiger partial charge in [0, 0.05) is 4.47 Å². The smallest absolute Gasteiger partial charge is 0.0815 e. The van der Waals surface area contributed by atoms with Gasteiger partial charge in [0.15, 0.2) is 0 Å². The van der Waals surface area contributed by atoms with Gasteiger partial charge in [0.25, 0.3) is 0 Å². The van der Waals surface area contributed by atoms with E-state index in [0.29, 0.717) is 5.02 Å². The van der Waals surface area contributed by atoms with Crippen molar-refractivity contribution in [2.24, 2.45) is 5.92 Å². The van der Waals surface area contributed by atoms with Crippen molar-refractivity contribution in [1.29, 1.82) is 0 Å². The third kappa shape index (κ3) is 3.47. The van der Waals surface area contributed by atoms with Crippen LogP contribution in [0.1, 0.15) is 38.4 Å². The average Bonchev–Trinajstić information content (AvgIpc) is 2.21. The normalized spacial score (nSPS) is 15.0. The van der Waals surface area contributed by atoms with Crippen LogP contribution in [-0.2, 0) is 0 Å². The Bertz CT molecular complexity index is 327. The highest BCUT2D eigenvalue weighted by Gasteiger charge is 2.16. The van der Waals surface area contributed by atoms with Crippen LogP contribution in [0.5, 0.6) is 0 Å². The number of halogens is 2. The Kier molecular flexibility index (Phi) is 5.10. The van der Waals surface area contributed by atoms with Crippen molar-refractivity contribution in [1.82, 2.24) is 0 Å². The molecule has 15 heavy (non-hydrogen) atoms. The Morgan fingerprint density at radius 2 is 2.13 bits per heavy atom. The lowest BCUT2D eigenvalue weighted by atomic mass is 9.94. The van der Waals surface area contributed by atoms with Crippen molar-refractivity contribution in [2.45, 2.75) is 32.8 Å². The van der Waals surface area contributed by atoms with Crippen LogP contribution >= 0.6 is 27.5 Å². The first-order valence-electron chi connectivity index (χ1n) is 5.19. The van der Waals surface area contributed by atoms with E-state index in [0.717, 1.165) is 22.9 Å². The molecule has 1 rings (SSSR count). The Balaban J connectivity index is 2.81. The van der Waals surface area contributed by atoms with Crippen LogP contribution in [0.15, 0.2) is 22.7 Å². The second kappa shape index (κ2) is 5.88. The van der Waals surface area contributed by atoms with E-state index in [1.807, 2.05) is 18.2 Å². The van der Waals surface area contributed by atoms with Gasteiger partial charge in [-0.2, -0.15) is 0 Å². The van der Waals surface area contributed by atoms with Gasteiger partial charge in [-0.3, -0.25) is 0 Å². The van der Waals surface area contributed by atoms with E-state index in [-0.39, 0.29) is 5.92 Å². The second-order valence-corrected chi connectivity index (χ2v) is 5.15. The highest BCUT2D eigenvalue weighted by molar-refractivity contribution is 9.10. The Morgan fingerprint density at radius 1 is 1.47 bits per heavy atom. The third-order valence-corrected chi connectivity index (χ3v) is 3.78. The van der Waals surface area contributed by atoms with Crippen LogP contribution in [-0.4, -0.2) is 5.11 Å². The van der Waals surface area contributed by atoms with Crippen LogP contribution in [0.25, 0.3) is 0 Å². The molecule has 3 heteroatoms. The van der Waals surface area contributed by atoms with Gasteiger partial charge in [-0.15, -0.1) is 0 Å². The fourth-order valence-electron chi connectivity index (χ4n) is 1.64. The molecular weight excluding hydrogens is 275 g/mol. The topological polar surface area (TPSA) is 20.2 Å². The molecule has 1 aromatic carbocycles. The molecule has 0 aliphatic rings. The summed E-state index contributed by atoms with van der Waals surface area (Å²) in [5.41, 5.74) is 0.923. The first kappa shape index (κ1) is 13.0. The minimum absolute atomic E-state index is 0.281. The third-order valence-electron chi connectivity index (χ3n) is 2.57. The summed E-state index contributed by atoms with van der Waals surface area (Å²) in [5.74, 6) is 0.281. The van der Waals surface area contributed by atoms with Crippen molar-refractivity contribution >= 4 is 27.5 Å². The monoisotopic (exact) mass is 290 g/mol. The lowest BCUT2D eigenvalue weighted by molar-refractivity contribution is 0.112. The molecule has 1 N–H and O–H groups in total. The van der Waals surface area contributed by atoms with E-state index in [9.17, 15) is 5.11 Å². The van der Waals surface area contributed by atoms with Gasteiger partial charge < -0.3 is 5.11 Å². The number of hydrogen-bond acceptors (Lipinski definition) is 1. The molecule has 0 heterocycles. The quantitative estimate of drug-likeness (QED) is 0.861. The molecule has 2 atom stereocenters. The molecule has 1 nitrogen and oxygen atoms in total. The molecule has 0 saturated carbocycles. The van der Waals surface area contributed by atoms with Gasteiger partial charge >= 0.3 is 0 Å². The Labute approximate surface area is 105 Å². The lowest BCUT2D eigenvalue weighted by Gasteiger charge is -2.18. The summed E-state index contributed by atoms with van der Waals surface area (Å²) in [6.07, 6.45) is 1.72. The van der Waals surface area contributed by atoms with Gasteiger partial charge in [-0.25, -0.2) is 0 Å². The summed E-state index contributed by atoms with van der Waals surface area (Å²) in [5, 5.41) is 10.7. The summed E-state index contributed by atoms with van der Waals surface area (Å²) in [4.78, 5) is 0. The number of hydrogen-bond donors (Lipinski definition) is 1. The number of aliphatic hydroxyl groups excluding tert-OH is 1. The fourth-order valence-corrected chi connectivity index (χ4v) is 2.15. The molecule has 0 fully saturated rings. The van der Waals surface area contributed by atoms with E-state index >= 15 is 0 Å². The zero-order valence-electron chi connectivity index (χ0n) is 9.00. The molecule has 0 saturated heterocycles. The van der Waals surface area contributed by atoms with Crippen molar-refractivity contribution < 1.29 is 5.11 Å².